The van der Waals surface area contributed by atoms with Crippen LogP contribution in [-0.4, -0.2) is 54.0 Å². The Bertz CT molecular complexity index is 467. The topological polar surface area (TPSA) is 70.2 Å². The SMILES string of the molecule is CO[C@@H](CNC(=O)N1CCC[C@H](c2ccn[nH]2)C1)C(C)(C)C. The maximum atomic E-state index is 12.4. The number of ether oxygens (including phenoxy) is 1. The minimum Gasteiger partial charge on any atom is -0.379 e. The van der Waals surface area contributed by atoms with Crippen LogP contribution >= 0.6 is 0 Å². The second kappa shape index (κ2) is 7.13. The Balaban J connectivity index is 1.87. The Morgan fingerprint density at radius 2 is 2.36 bits per heavy atom. The molecule has 1 aromatic rings. The van der Waals surface area contributed by atoms with Crippen LogP contribution in [0.15, 0.2) is 12.3 Å². The summed E-state index contributed by atoms with van der Waals surface area (Å²) < 4.78 is 5.49. The summed E-state index contributed by atoms with van der Waals surface area (Å²) in [5.74, 6) is 0.350. The highest BCUT2D eigenvalue weighted by atomic mass is 16.5. The van der Waals surface area contributed by atoms with Gasteiger partial charge in [-0.05, 0) is 24.3 Å². The van der Waals surface area contributed by atoms with Crippen molar-refractivity contribution in [3.05, 3.63) is 18.0 Å². The summed E-state index contributed by atoms with van der Waals surface area (Å²) in [6.45, 7) is 8.42. The van der Waals surface area contributed by atoms with Crippen molar-refractivity contribution >= 4 is 6.03 Å². The first kappa shape index (κ1) is 16.8. The van der Waals surface area contributed by atoms with Gasteiger partial charge in [0.25, 0.3) is 0 Å². The Hall–Kier alpha value is -1.56. The molecule has 0 saturated carbocycles. The second-order valence-electron chi connectivity index (χ2n) is 7.07. The number of rotatable bonds is 4. The van der Waals surface area contributed by atoms with E-state index in [1.165, 1.54) is 0 Å². The largest absolute Gasteiger partial charge is 0.379 e. The Morgan fingerprint density at radius 1 is 1.59 bits per heavy atom. The molecule has 0 spiro atoms. The highest BCUT2D eigenvalue weighted by Gasteiger charge is 2.28. The summed E-state index contributed by atoms with van der Waals surface area (Å²) in [7, 11) is 1.69. The molecule has 0 aromatic carbocycles. The van der Waals surface area contributed by atoms with Crippen molar-refractivity contribution in [3.63, 3.8) is 0 Å². The van der Waals surface area contributed by atoms with Crippen LogP contribution in [0.25, 0.3) is 0 Å². The van der Waals surface area contributed by atoms with Crippen LogP contribution in [0.2, 0.25) is 0 Å². The molecule has 0 aliphatic carbocycles. The van der Waals surface area contributed by atoms with Gasteiger partial charge in [0, 0.05) is 44.6 Å². The van der Waals surface area contributed by atoms with Crippen LogP contribution in [0.1, 0.15) is 45.2 Å². The van der Waals surface area contributed by atoms with E-state index >= 15 is 0 Å². The first-order valence-corrected chi connectivity index (χ1v) is 7.96. The van der Waals surface area contributed by atoms with Crippen molar-refractivity contribution < 1.29 is 9.53 Å². The van der Waals surface area contributed by atoms with E-state index in [0.717, 1.165) is 31.6 Å². The minimum atomic E-state index is -0.00415. The maximum absolute atomic E-state index is 12.4. The highest BCUT2D eigenvalue weighted by Crippen LogP contribution is 2.25. The first-order chi connectivity index (χ1) is 10.4. The Kier molecular flexibility index (Phi) is 5.45. The Morgan fingerprint density at radius 3 is 2.95 bits per heavy atom. The average Bonchev–Trinajstić information content (AvgIpc) is 3.00. The van der Waals surface area contributed by atoms with Gasteiger partial charge < -0.3 is 15.0 Å². The van der Waals surface area contributed by atoms with Gasteiger partial charge in [0.2, 0.25) is 0 Å². The van der Waals surface area contributed by atoms with E-state index < -0.39 is 0 Å². The second-order valence-corrected chi connectivity index (χ2v) is 7.07. The quantitative estimate of drug-likeness (QED) is 0.897. The molecule has 1 aliphatic rings. The van der Waals surface area contributed by atoms with Gasteiger partial charge in [-0.2, -0.15) is 5.10 Å². The molecule has 22 heavy (non-hydrogen) atoms. The number of carbonyl (C=O) groups is 1. The van der Waals surface area contributed by atoms with Gasteiger partial charge in [0.15, 0.2) is 0 Å². The number of hydrogen-bond donors (Lipinski definition) is 2. The van der Waals surface area contributed by atoms with E-state index in [0.29, 0.717) is 12.5 Å². The minimum absolute atomic E-state index is 0.00236. The van der Waals surface area contributed by atoms with E-state index in [-0.39, 0.29) is 17.6 Å². The van der Waals surface area contributed by atoms with Gasteiger partial charge in [-0.15, -0.1) is 0 Å². The third kappa shape index (κ3) is 4.22. The van der Waals surface area contributed by atoms with E-state index in [9.17, 15) is 4.79 Å². The third-order valence-corrected chi connectivity index (χ3v) is 4.36. The molecular formula is C16H28N4O2. The summed E-state index contributed by atoms with van der Waals surface area (Å²) in [5.41, 5.74) is 1.12. The summed E-state index contributed by atoms with van der Waals surface area (Å²) in [6.07, 6.45) is 3.88. The molecule has 6 nitrogen and oxygen atoms in total. The molecule has 2 amide bonds. The molecule has 6 heteroatoms. The van der Waals surface area contributed by atoms with Crippen LogP contribution in [0.4, 0.5) is 4.79 Å². The fourth-order valence-electron chi connectivity index (χ4n) is 2.94. The normalized spacial score (nSPS) is 20.7. The molecule has 2 rings (SSSR count). The number of nitrogens with zero attached hydrogens (tertiary/aromatic N) is 2. The zero-order chi connectivity index (χ0) is 16.2. The number of carbonyl (C=O) groups excluding carboxylic acids is 1. The number of methoxy groups -OCH3 is 1. The van der Waals surface area contributed by atoms with Crippen molar-refractivity contribution in [1.29, 1.82) is 0 Å². The van der Waals surface area contributed by atoms with Crippen molar-refractivity contribution in [2.45, 2.75) is 45.6 Å². The monoisotopic (exact) mass is 308 g/mol. The van der Waals surface area contributed by atoms with Gasteiger partial charge in [0.1, 0.15) is 0 Å². The first-order valence-electron chi connectivity index (χ1n) is 7.96. The summed E-state index contributed by atoms with van der Waals surface area (Å²) in [6, 6.07) is 1.99. The predicted molar refractivity (Wildman–Crippen MR) is 85.8 cm³/mol. The number of hydrogen-bond acceptors (Lipinski definition) is 3. The lowest BCUT2D eigenvalue weighted by Gasteiger charge is -2.34. The molecule has 124 valence electrons. The third-order valence-electron chi connectivity index (χ3n) is 4.36. The lowest BCUT2D eigenvalue weighted by atomic mass is 9.89. The summed E-state index contributed by atoms with van der Waals surface area (Å²) in [4.78, 5) is 14.3. The van der Waals surface area contributed by atoms with E-state index in [1.807, 2.05) is 11.0 Å². The van der Waals surface area contributed by atoms with Gasteiger partial charge in [-0.3, -0.25) is 5.10 Å². The van der Waals surface area contributed by atoms with Crippen LogP contribution in [-0.2, 0) is 4.74 Å². The van der Waals surface area contributed by atoms with E-state index in [2.05, 4.69) is 36.3 Å². The molecule has 1 saturated heterocycles. The summed E-state index contributed by atoms with van der Waals surface area (Å²) >= 11 is 0. The van der Waals surface area contributed by atoms with Crippen molar-refractivity contribution in [3.8, 4) is 0 Å². The number of piperidine rings is 1. The molecule has 1 aromatic heterocycles. The molecular weight excluding hydrogens is 280 g/mol. The fraction of sp³-hybridized carbons (Fsp3) is 0.750. The maximum Gasteiger partial charge on any atom is 0.317 e. The number of aromatic nitrogens is 2. The lowest BCUT2D eigenvalue weighted by molar-refractivity contribution is 0.0183. The number of aromatic amines is 1. The predicted octanol–water partition coefficient (Wildman–Crippen LogP) is 2.36. The van der Waals surface area contributed by atoms with Crippen LogP contribution in [0.5, 0.6) is 0 Å². The lowest BCUT2D eigenvalue weighted by Crippen LogP contribution is -2.48. The summed E-state index contributed by atoms with van der Waals surface area (Å²) in [5, 5.41) is 10.0. The fourth-order valence-corrected chi connectivity index (χ4v) is 2.94. The molecule has 2 heterocycles. The number of urea groups is 1. The van der Waals surface area contributed by atoms with Crippen molar-refractivity contribution in [2.24, 2.45) is 5.41 Å². The highest BCUT2D eigenvalue weighted by molar-refractivity contribution is 5.74. The van der Waals surface area contributed by atoms with Crippen LogP contribution in [0.3, 0.4) is 0 Å². The molecule has 0 bridgehead atoms. The number of nitrogens with one attached hydrogen (secondary N) is 2. The standard InChI is InChI=1S/C16H28N4O2/c1-16(2,3)14(22-4)10-17-15(21)20-9-5-6-12(11-20)13-7-8-18-19-13/h7-8,12,14H,5-6,9-11H2,1-4H3,(H,17,21)(H,18,19)/t12-,14-/m0/s1. The molecule has 1 aliphatic heterocycles. The average molecular weight is 308 g/mol. The van der Waals surface area contributed by atoms with Crippen molar-refractivity contribution in [1.82, 2.24) is 20.4 Å². The Labute approximate surface area is 132 Å². The van der Waals surface area contributed by atoms with E-state index in [4.69, 9.17) is 4.74 Å². The zero-order valence-electron chi connectivity index (χ0n) is 14.1. The van der Waals surface area contributed by atoms with Gasteiger partial charge >= 0.3 is 6.03 Å². The van der Waals surface area contributed by atoms with Gasteiger partial charge in [-0.1, -0.05) is 20.8 Å². The van der Waals surface area contributed by atoms with Gasteiger partial charge in [0.05, 0.1) is 6.10 Å². The molecule has 0 unspecified atom stereocenters. The number of likely N-dealkylation sites (tertiary alicyclic amines) is 1. The molecule has 0 radical (unpaired) electrons. The number of H-pyrrole nitrogens is 1. The van der Waals surface area contributed by atoms with Crippen LogP contribution < -0.4 is 5.32 Å². The molecule has 2 atom stereocenters. The van der Waals surface area contributed by atoms with E-state index in [1.54, 1.807) is 13.3 Å². The van der Waals surface area contributed by atoms with Gasteiger partial charge in [-0.25, -0.2) is 4.79 Å². The molecule has 2 N–H and O–H groups in total. The van der Waals surface area contributed by atoms with Crippen LogP contribution in [0, 0.1) is 5.41 Å². The number of amides is 2. The van der Waals surface area contributed by atoms with Crippen molar-refractivity contribution in [2.75, 3.05) is 26.7 Å². The molecule has 1 fully saturated rings. The smallest absolute Gasteiger partial charge is 0.317 e. The zero-order valence-corrected chi connectivity index (χ0v) is 14.1.